The highest BCUT2D eigenvalue weighted by molar-refractivity contribution is 7.10. The van der Waals surface area contributed by atoms with Gasteiger partial charge in [0.05, 0.1) is 29.3 Å². The molecule has 3 aliphatic rings. The van der Waals surface area contributed by atoms with E-state index in [0.29, 0.717) is 29.8 Å². The normalized spacial score (nSPS) is 22.7. The van der Waals surface area contributed by atoms with E-state index in [-0.39, 0.29) is 29.5 Å². The zero-order chi connectivity index (χ0) is 22.3. The van der Waals surface area contributed by atoms with Crippen LogP contribution in [0.4, 0.5) is 0 Å². The van der Waals surface area contributed by atoms with E-state index < -0.39 is 0 Å². The van der Waals surface area contributed by atoms with Crippen molar-refractivity contribution in [3.8, 4) is 0 Å². The standard InChI is InChI=1S/C25H24N4O3S/c1-2-18-14-5-8-33-22(14)11-19-15-10-20-17(9-16(15)25(31)29(18)19)27-24(30)21-12-26-23(28(20)21)13-3-6-32-7-4-13/h5,8-10,12-13,18-19H,2-4,6-7,11H2,1H3,(H,27,30). The van der Waals surface area contributed by atoms with E-state index in [1.807, 2.05) is 10.5 Å². The molecule has 0 saturated carbocycles. The van der Waals surface area contributed by atoms with Crippen LogP contribution in [0.2, 0.25) is 0 Å². The lowest BCUT2D eigenvalue weighted by Gasteiger charge is -2.37. The zero-order valence-corrected chi connectivity index (χ0v) is 19.2. The summed E-state index contributed by atoms with van der Waals surface area (Å²) in [5, 5.41) is 2.14. The van der Waals surface area contributed by atoms with E-state index in [9.17, 15) is 9.59 Å². The predicted molar refractivity (Wildman–Crippen MR) is 126 cm³/mol. The van der Waals surface area contributed by atoms with Crippen molar-refractivity contribution in [2.45, 2.75) is 50.6 Å². The summed E-state index contributed by atoms with van der Waals surface area (Å²) < 4.78 is 7.57. The lowest BCUT2D eigenvalue weighted by atomic mass is 9.91. The molecule has 3 aromatic heterocycles. The average Bonchev–Trinajstić information content (AvgIpc) is 3.55. The molecule has 1 amide bonds. The van der Waals surface area contributed by atoms with Gasteiger partial charge in [0.15, 0.2) is 0 Å². The molecule has 0 spiro atoms. The van der Waals surface area contributed by atoms with Gasteiger partial charge in [-0.2, -0.15) is 0 Å². The van der Waals surface area contributed by atoms with Crippen molar-refractivity contribution in [3.05, 3.63) is 67.5 Å². The number of carbonyl (C=O) groups excluding carboxylic acids is 1. The van der Waals surface area contributed by atoms with Crippen LogP contribution in [0.15, 0.2) is 34.6 Å². The number of aromatic nitrogens is 3. The largest absolute Gasteiger partial charge is 0.381 e. The number of rotatable bonds is 2. The Balaban J connectivity index is 1.46. The van der Waals surface area contributed by atoms with Gasteiger partial charge in [0.2, 0.25) is 0 Å². The number of imidazole rings is 1. The third-order valence-corrected chi connectivity index (χ3v) is 8.62. The number of hydrogen-bond acceptors (Lipinski definition) is 5. The van der Waals surface area contributed by atoms with Gasteiger partial charge < -0.3 is 14.6 Å². The Morgan fingerprint density at radius 1 is 1.18 bits per heavy atom. The van der Waals surface area contributed by atoms with Gasteiger partial charge in [-0.05, 0) is 54.0 Å². The molecular weight excluding hydrogens is 436 g/mol. The van der Waals surface area contributed by atoms with Gasteiger partial charge in [-0.25, -0.2) is 4.98 Å². The number of nitrogens with one attached hydrogen (secondary N) is 1. The van der Waals surface area contributed by atoms with E-state index in [1.54, 1.807) is 17.5 Å². The first-order valence-corrected chi connectivity index (χ1v) is 12.6. The molecule has 0 radical (unpaired) electrons. The number of carbonyl (C=O) groups is 1. The maximum Gasteiger partial charge on any atom is 0.274 e. The topological polar surface area (TPSA) is 79.7 Å². The minimum absolute atomic E-state index is 0.0324. The number of hydrogen-bond donors (Lipinski definition) is 1. The van der Waals surface area contributed by atoms with Crippen LogP contribution in [0.5, 0.6) is 0 Å². The monoisotopic (exact) mass is 460 g/mol. The van der Waals surface area contributed by atoms with Gasteiger partial charge in [0.25, 0.3) is 11.5 Å². The Labute approximate surface area is 194 Å². The van der Waals surface area contributed by atoms with Crippen LogP contribution in [-0.4, -0.2) is 38.4 Å². The second-order valence-electron chi connectivity index (χ2n) is 9.29. The summed E-state index contributed by atoms with van der Waals surface area (Å²) >= 11 is 1.79. The summed E-state index contributed by atoms with van der Waals surface area (Å²) in [6, 6.07) is 6.32. The second-order valence-corrected chi connectivity index (χ2v) is 10.3. The number of ether oxygens (including phenoxy) is 1. The number of H-pyrrole nitrogens is 1. The van der Waals surface area contributed by atoms with Crippen molar-refractivity contribution >= 4 is 33.8 Å². The fourth-order valence-electron chi connectivity index (χ4n) is 6.11. The molecule has 1 fully saturated rings. The Morgan fingerprint density at radius 3 is 2.85 bits per heavy atom. The molecule has 33 heavy (non-hydrogen) atoms. The minimum Gasteiger partial charge on any atom is -0.381 e. The van der Waals surface area contributed by atoms with Gasteiger partial charge in [-0.3, -0.25) is 14.0 Å². The van der Waals surface area contributed by atoms with Crippen LogP contribution in [-0.2, 0) is 11.2 Å². The van der Waals surface area contributed by atoms with Crippen molar-refractivity contribution in [1.29, 1.82) is 0 Å². The first kappa shape index (κ1) is 19.5. The zero-order valence-electron chi connectivity index (χ0n) is 18.3. The minimum atomic E-state index is -0.176. The molecule has 3 aliphatic heterocycles. The number of thiophene rings is 1. The van der Waals surface area contributed by atoms with Crippen LogP contribution >= 0.6 is 11.3 Å². The molecule has 0 aliphatic carbocycles. The molecule has 1 aromatic carbocycles. The van der Waals surface area contributed by atoms with Crippen LogP contribution in [0, 0.1) is 0 Å². The highest BCUT2D eigenvalue weighted by Gasteiger charge is 2.45. The summed E-state index contributed by atoms with van der Waals surface area (Å²) in [6.45, 7) is 3.57. The quantitative estimate of drug-likeness (QED) is 0.483. The third kappa shape index (κ3) is 2.62. The van der Waals surface area contributed by atoms with Gasteiger partial charge in [-0.1, -0.05) is 6.92 Å². The summed E-state index contributed by atoms with van der Waals surface area (Å²) in [4.78, 5) is 37.6. The molecule has 8 heteroatoms. The summed E-state index contributed by atoms with van der Waals surface area (Å²) in [5.41, 5.74) is 5.05. The Kier molecular flexibility index (Phi) is 4.14. The molecule has 1 saturated heterocycles. The Hall–Kier alpha value is -2.97. The molecule has 4 aromatic rings. The fourth-order valence-corrected chi connectivity index (χ4v) is 7.09. The van der Waals surface area contributed by atoms with Gasteiger partial charge in [0.1, 0.15) is 11.3 Å². The van der Waals surface area contributed by atoms with Crippen molar-refractivity contribution < 1.29 is 9.53 Å². The fraction of sp³-hybridized carbons (Fsp3) is 0.400. The van der Waals surface area contributed by atoms with Crippen molar-refractivity contribution in [2.75, 3.05) is 13.2 Å². The van der Waals surface area contributed by atoms with Crippen molar-refractivity contribution in [3.63, 3.8) is 0 Å². The third-order valence-electron chi connectivity index (χ3n) is 7.66. The van der Waals surface area contributed by atoms with Crippen LogP contribution in [0.25, 0.3) is 16.6 Å². The molecule has 7 nitrogen and oxygen atoms in total. The average molecular weight is 461 g/mol. The lowest BCUT2D eigenvalue weighted by Crippen LogP contribution is -2.36. The van der Waals surface area contributed by atoms with E-state index in [4.69, 9.17) is 4.74 Å². The Bertz CT molecular complexity index is 1490. The van der Waals surface area contributed by atoms with Crippen LogP contribution < -0.4 is 5.56 Å². The van der Waals surface area contributed by atoms with E-state index in [0.717, 1.165) is 42.6 Å². The van der Waals surface area contributed by atoms with Gasteiger partial charge in [-0.15, -0.1) is 11.3 Å². The van der Waals surface area contributed by atoms with Crippen molar-refractivity contribution in [1.82, 2.24) is 19.3 Å². The number of aromatic amines is 1. The molecule has 2 atom stereocenters. The van der Waals surface area contributed by atoms with Crippen molar-refractivity contribution in [2.24, 2.45) is 0 Å². The molecular formula is C25H24N4O3S. The highest BCUT2D eigenvalue weighted by Crippen LogP contribution is 2.49. The molecule has 1 N–H and O–H groups in total. The lowest BCUT2D eigenvalue weighted by molar-refractivity contribution is 0.0592. The SMILES string of the molecule is CCC1c2ccsc2CC2c3cc4c(cc3C(=O)N21)[nH]c(=O)c1cnc(C2CCOCC2)n14. The van der Waals surface area contributed by atoms with E-state index >= 15 is 0 Å². The van der Waals surface area contributed by atoms with Crippen LogP contribution in [0.3, 0.4) is 0 Å². The van der Waals surface area contributed by atoms with Gasteiger partial charge in [0, 0.05) is 36.0 Å². The first-order valence-electron chi connectivity index (χ1n) is 11.7. The number of nitrogens with zero attached hydrogens (tertiary/aromatic N) is 3. The second kappa shape index (κ2) is 7.01. The molecule has 0 bridgehead atoms. The molecule has 2 unspecified atom stereocenters. The predicted octanol–water partition coefficient (Wildman–Crippen LogP) is 4.34. The van der Waals surface area contributed by atoms with Gasteiger partial charge >= 0.3 is 0 Å². The maximum absolute atomic E-state index is 13.6. The smallest absolute Gasteiger partial charge is 0.274 e. The molecule has 6 heterocycles. The molecule has 168 valence electrons. The first-order chi connectivity index (χ1) is 16.2. The number of benzene rings is 1. The summed E-state index contributed by atoms with van der Waals surface area (Å²) in [6.07, 6.45) is 5.20. The number of amides is 1. The maximum atomic E-state index is 13.6. The molecule has 7 rings (SSSR count). The summed E-state index contributed by atoms with van der Waals surface area (Å²) in [7, 11) is 0. The van der Waals surface area contributed by atoms with E-state index in [1.165, 1.54) is 10.4 Å². The van der Waals surface area contributed by atoms with Crippen LogP contribution in [0.1, 0.15) is 76.4 Å². The number of fused-ring (bicyclic) bond motifs is 7. The summed E-state index contributed by atoms with van der Waals surface area (Å²) in [5.74, 6) is 1.24. The Morgan fingerprint density at radius 2 is 2.03 bits per heavy atom. The van der Waals surface area contributed by atoms with E-state index in [2.05, 4.69) is 39.3 Å². The highest BCUT2D eigenvalue weighted by atomic mass is 32.1.